The van der Waals surface area contributed by atoms with Crippen LogP contribution in [-0.4, -0.2) is 17.6 Å². The van der Waals surface area contributed by atoms with Crippen molar-refractivity contribution in [3.05, 3.63) is 59.3 Å². The summed E-state index contributed by atoms with van der Waals surface area (Å²) in [5.41, 5.74) is 3.71. The molecule has 1 aliphatic rings. The number of hydrogen-bond acceptors (Lipinski definition) is 3. The first kappa shape index (κ1) is 18.7. The highest BCUT2D eigenvalue weighted by Gasteiger charge is 2.29. The number of anilines is 1. The zero-order valence-corrected chi connectivity index (χ0v) is 16.5. The zero-order chi connectivity index (χ0) is 20.4. The molecule has 1 heterocycles. The fourth-order valence-corrected chi connectivity index (χ4v) is 3.42. The minimum Gasteiger partial charge on any atom is -0.497 e. The van der Waals surface area contributed by atoms with Crippen molar-refractivity contribution < 1.29 is 9.53 Å². The predicted molar refractivity (Wildman–Crippen MR) is 113 cm³/mol. The second kappa shape index (κ2) is 7.73. The van der Waals surface area contributed by atoms with Crippen LogP contribution in [-0.2, 0) is 11.3 Å². The summed E-state index contributed by atoms with van der Waals surface area (Å²) in [6.07, 6.45) is 1.93. The Morgan fingerprint density at radius 2 is 2.07 bits per heavy atom. The van der Waals surface area contributed by atoms with E-state index < -0.39 is 0 Å². The molecule has 1 aliphatic carbocycles. The van der Waals surface area contributed by atoms with E-state index in [0.717, 1.165) is 40.7 Å². The smallest absolute Gasteiger partial charge is 0.227 e. The Morgan fingerprint density at radius 3 is 2.76 bits per heavy atom. The van der Waals surface area contributed by atoms with Crippen molar-refractivity contribution in [3.63, 3.8) is 0 Å². The number of carbonyl (C=O) groups is 1. The second-order valence-electron chi connectivity index (χ2n) is 7.06. The lowest BCUT2D eigenvalue weighted by molar-refractivity contribution is -0.117. The van der Waals surface area contributed by atoms with Gasteiger partial charge in [-0.25, -0.2) is 0 Å². The molecule has 1 fully saturated rings. The number of nitrogens with zero attached hydrogens (tertiary/aromatic N) is 2. The van der Waals surface area contributed by atoms with E-state index in [4.69, 9.17) is 4.74 Å². The first-order chi connectivity index (χ1) is 14.1. The molecule has 4 rings (SSSR count). The maximum atomic E-state index is 12.0. The highest BCUT2D eigenvalue weighted by Crippen LogP contribution is 2.30. The molecule has 0 aliphatic heterocycles. The number of amides is 1. The third-order valence-corrected chi connectivity index (χ3v) is 5.10. The van der Waals surface area contributed by atoms with Gasteiger partial charge in [-0.05, 0) is 56.0 Å². The summed E-state index contributed by atoms with van der Waals surface area (Å²) >= 11 is 0. The van der Waals surface area contributed by atoms with Crippen LogP contribution in [0.3, 0.4) is 0 Å². The van der Waals surface area contributed by atoms with Crippen LogP contribution in [0.1, 0.15) is 36.6 Å². The Kier molecular flexibility index (Phi) is 4.97. The summed E-state index contributed by atoms with van der Waals surface area (Å²) in [5, 5.41) is 13.5. The molecule has 1 saturated carbocycles. The van der Waals surface area contributed by atoms with Crippen molar-refractivity contribution in [2.75, 3.05) is 12.4 Å². The van der Waals surface area contributed by atoms with E-state index in [9.17, 15) is 10.1 Å². The second-order valence-corrected chi connectivity index (χ2v) is 7.06. The lowest BCUT2D eigenvalue weighted by Gasteiger charge is -2.05. The SMILES string of the molecule is CCn1c(C#Cc2cccc(NC(=O)C3CC3)c2)c(C#N)c2ccc(OC)cc21. The van der Waals surface area contributed by atoms with E-state index in [2.05, 4.69) is 23.2 Å². The number of aryl methyl sites for hydroxylation is 1. The lowest BCUT2D eigenvalue weighted by Crippen LogP contribution is -2.13. The standard InChI is InChI=1S/C24H21N3O2/c1-3-27-22(21(15-25)20-11-10-19(29-2)14-23(20)27)12-7-16-5-4-6-18(13-16)26-24(28)17-8-9-17/h4-6,10-11,13-14,17H,3,8-9H2,1-2H3,(H,26,28). The van der Waals surface area contributed by atoms with E-state index in [0.29, 0.717) is 17.8 Å². The van der Waals surface area contributed by atoms with Crippen LogP contribution < -0.4 is 10.1 Å². The number of carbonyl (C=O) groups excluding carboxylic acids is 1. The fourth-order valence-electron chi connectivity index (χ4n) is 3.42. The van der Waals surface area contributed by atoms with Gasteiger partial charge in [0.1, 0.15) is 17.5 Å². The van der Waals surface area contributed by atoms with Gasteiger partial charge in [0.05, 0.1) is 18.2 Å². The topological polar surface area (TPSA) is 67.0 Å². The van der Waals surface area contributed by atoms with Crippen LogP contribution in [0.5, 0.6) is 5.75 Å². The largest absolute Gasteiger partial charge is 0.497 e. The van der Waals surface area contributed by atoms with E-state index in [1.165, 1.54) is 0 Å². The van der Waals surface area contributed by atoms with Gasteiger partial charge in [-0.15, -0.1) is 0 Å². The number of aromatic nitrogens is 1. The quantitative estimate of drug-likeness (QED) is 0.684. The number of fused-ring (bicyclic) bond motifs is 1. The Bertz CT molecular complexity index is 1200. The Hall–Kier alpha value is -3.70. The van der Waals surface area contributed by atoms with Gasteiger partial charge in [0.15, 0.2) is 0 Å². The molecule has 0 spiro atoms. The monoisotopic (exact) mass is 383 g/mol. The van der Waals surface area contributed by atoms with E-state index in [1.54, 1.807) is 7.11 Å². The van der Waals surface area contributed by atoms with Gasteiger partial charge in [0, 0.05) is 35.2 Å². The van der Waals surface area contributed by atoms with Crippen LogP contribution in [0.25, 0.3) is 10.9 Å². The molecule has 0 saturated heterocycles. The number of ether oxygens (including phenoxy) is 1. The maximum Gasteiger partial charge on any atom is 0.227 e. The molecule has 0 radical (unpaired) electrons. The van der Waals surface area contributed by atoms with Crippen molar-refractivity contribution in [1.82, 2.24) is 4.57 Å². The van der Waals surface area contributed by atoms with E-state index >= 15 is 0 Å². The molecule has 3 aromatic rings. The van der Waals surface area contributed by atoms with Crippen LogP contribution in [0.2, 0.25) is 0 Å². The average Bonchev–Trinajstić information content (AvgIpc) is 3.54. The Morgan fingerprint density at radius 1 is 1.24 bits per heavy atom. The minimum absolute atomic E-state index is 0.0712. The van der Waals surface area contributed by atoms with Gasteiger partial charge in [-0.1, -0.05) is 12.0 Å². The lowest BCUT2D eigenvalue weighted by atomic mass is 10.1. The van der Waals surface area contributed by atoms with Gasteiger partial charge in [0.25, 0.3) is 0 Å². The molecule has 0 bridgehead atoms. The number of nitriles is 1. The number of benzene rings is 2. The summed E-state index contributed by atoms with van der Waals surface area (Å²) in [6, 6.07) is 15.5. The fraction of sp³-hybridized carbons (Fsp3) is 0.250. The molecule has 0 atom stereocenters. The summed E-state index contributed by atoms with van der Waals surface area (Å²) < 4.78 is 7.36. The molecular weight excluding hydrogens is 362 g/mol. The third kappa shape index (κ3) is 3.68. The first-order valence-electron chi connectivity index (χ1n) is 9.68. The number of hydrogen-bond donors (Lipinski definition) is 1. The molecule has 1 N–H and O–H groups in total. The molecule has 5 heteroatoms. The minimum atomic E-state index is 0.0712. The molecular formula is C24H21N3O2. The Labute approximate surface area is 169 Å². The van der Waals surface area contributed by atoms with E-state index in [1.807, 2.05) is 54.0 Å². The summed E-state index contributed by atoms with van der Waals surface area (Å²) in [7, 11) is 1.63. The summed E-state index contributed by atoms with van der Waals surface area (Å²) in [4.78, 5) is 12.0. The van der Waals surface area contributed by atoms with Crippen molar-refractivity contribution in [2.45, 2.75) is 26.3 Å². The molecule has 144 valence electrons. The highest BCUT2D eigenvalue weighted by atomic mass is 16.5. The van der Waals surface area contributed by atoms with Crippen molar-refractivity contribution in [1.29, 1.82) is 5.26 Å². The normalized spacial score (nSPS) is 12.7. The molecule has 1 amide bonds. The average molecular weight is 383 g/mol. The highest BCUT2D eigenvalue weighted by molar-refractivity contribution is 5.94. The van der Waals surface area contributed by atoms with Crippen LogP contribution in [0.15, 0.2) is 42.5 Å². The van der Waals surface area contributed by atoms with Crippen LogP contribution in [0, 0.1) is 29.1 Å². The number of nitrogens with one attached hydrogen (secondary N) is 1. The Balaban J connectivity index is 1.72. The number of methoxy groups -OCH3 is 1. The third-order valence-electron chi connectivity index (χ3n) is 5.10. The molecule has 2 aromatic carbocycles. The molecule has 1 aromatic heterocycles. The molecule has 29 heavy (non-hydrogen) atoms. The van der Waals surface area contributed by atoms with Gasteiger partial charge < -0.3 is 14.6 Å². The number of rotatable bonds is 4. The van der Waals surface area contributed by atoms with Crippen molar-refractivity contribution >= 4 is 22.5 Å². The van der Waals surface area contributed by atoms with Crippen LogP contribution >= 0.6 is 0 Å². The molecule has 0 unspecified atom stereocenters. The van der Waals surface area contributed by atoms with Crippen molar-refractivity contribution in [3.8, 4) is 23.7 Å². The zero-order valence-electron chi connectivity index (χ0n) is 16.5. The van der Waals surface area contributed by atoms with Gasteiger partial charge in [0.2, 0.25) is 5.91 Å². The van der Waals surface area contributed by atoms with Crippen LogP contribution in [0.4, 0.5) is 5.69 Å². The van der Waals surface area contributed by atoms with E-state index in [-0.39, 0.29) is 11.8 Å². The van der Waals surface area contributed by atoms with Gasteiger partial charge in [-0.2, -0.15) is 5.26 Å². The predicted octanol–water partition coefficient (Wildman–Crippen LogP) is 4.29. The molecule has 5 nitrogen and oxygen atoms in total. The maximum absolute atomic E-state index is 12.0. The summed E-state index contributed by atoms with van der Waals surface area (Å²) in [5.74, 6) is 7.30. The van der Waals surface area contributed by atoms with Gasteiger partial charge >= 0.3 is 0 Å². The first-order valence-corrected chi connectivity index (χ1v) is 9.68. The summed E-state index contributed by atoms with van der Waals surface area (Å²) in [6.45, 7) is 2.71. The van der Waals surface area contributed by atoms with Gasteiger partial charge in [-0.3, -0.25) is 4.79 Å². The van der Waals surface area contributed by atoms with Crippen molar-refractivity contribution in [2.24, 2.45) is 5.92 Å².